The van der Waals surface area contributed by atoms with Crippen molar-refractivity contribution in [1.82, 2.24) is 10.0 Å². The molecule has 7 heteroatoms. The number of nitrogens with one attached hydrogen (secondary N) is 2. The van der Waals surface area contributed by atoms with E-state index in [1.807, 2.05) is 37.3 Å². The van der Waals surface area contributed by atoms with E-state index in [9.17, 15) is 13.2 Å². The van der Waals surface area contributed by atoms with Crippen LogP contribution in [0.15, 0.2) is 59.5 Å². The van der Waals surface area contributed by atoms with Crippen molar-refractivity contribution in [3.8, 4) is 0 Å². The second-order valence-corrected chi connectivity index (χ2v) is 8.80. The standard InChI is InChI=1S/C21H26N2O4S/c1-16(17-6-3-2-4-7-17)14-22-21(24)18-9-11-20(12-10-18)28(25,26)23-15-19-8-5-13-27-19/h2-4,6-7,9-12,16,19,23H,5,8,13-15H2,1H3,(H,22,24)/t16-,19+/m0/s1. The summed E-state index contributed by atoms with van der Waals surface area (Å²) in [5.41, 5.74) is 1.58. The topological polar surface area (TPSA) is 84.5 Å². The maximum atomic E-state index is 12.4. The number of ether oxygens (including phenoxy) is 1. The van der Waals surface area contributed by atoms with Crippen LogP contribution in [0.5, 0.6) is 0 Å². The molecule has 0 aliphatic carbocycles. The van der Waals surface area contributed by atoms with Crippen LogP contribution in [-0.2, 0) is 14.8 Å². The van der Waals surface area contributed by atoms with Crippen LogP contribution in [0.1, 0.15) is 41.6 Å². The Kier molecular flexibility index (Phi) is 6.83. The molecule has 1 fully saturated rings. The zero-order valence-corrected chi connectivity index (χ0v) is 16.7. The number of carbonyl (C=O) groups excluding carboxylic acids is 1. The van der Waals surface area contributed by atoms with Gasteiger partial charge in [0.25, 0.3) is 5.91 Å². The Hall–Kier alpha value is -2.22. The fourth-order valence-electron chi connectivity index (χ4n) is 3.12. The molecule has 2 aromatic rings. The van der Waals surface area contributed by atoms with Crippen LogP contribution in [0, 0.1) is 0 Å². The van der Waals surface area contributed by atoms with E-state index in [1.54, 1.807) is 0 Å². The molecule has 1 amide bonds. The zero-order valence-electron chi connectivity index (χ0n) is 15.9. The van der Waals surface area contributed by atoms with Gasteiger partial charge in [-0.15, -0.1) is 0 Å². The minimum atomic E-state index is -3.61. The summed E-state index contributed by atoms with van der Waals surface area (Å²) in [5, 5.41) is 2.90. The van der Waals surface area contributed by atoms with Crippen LogP contribution in [0.25, 0.3) is 0 Å². The van der Waals surface area contributed by atoms with Crippen LogP contribution in [0.4, 0.5) is 0 Å². The van der Waals surface area contributed by atoms with Crippen molar-refractivity contribution in [3.05, 3.63) is 65.7 Å². The van der Waals surface area contributed by atoms with Crippen molar-refractivity contribution in [2.45, 2.75) is 36.7 Å². The summed E-state index contributed by atoms with van der Waals surface area (Å²) >= 11 is 0. The summed E-state index contributed by atoms with van der Waals surface area (Å²) in [7, 11) is -3.61. The summed E-state index contributed by atoms with van der Waals surface area (Å²) < 4.78 is 32.8. The summed E-state index contributed by atoms with van der Waals surface area (Å²) in [6.07, 6.45) is 1.76. The fourth-order valence-corrected chi connectivity index (χ4v) is 4.19. The quantitative estimate of drug-likeness (QED) is 0.711. The highest BCUT2D eigenvalue weighted by atomic mass is 32.2. The van der Waals surface area contributed by atoms with E-state index in [1.165, 1.54) is 24.3 Å². The van der Waals surface area contributed by atoms with E-state index < -0.39 is 10.0 Å². The highest BCUT2D eigenvalue weighted by Gasteiger charge is 2.20. The van der Waals surface area contributed by atoms with Crippen molar-refractivity contribution < 1.29 is 17.9 Å². The van der Waals surface area contributed by atoms with Crippen LogP contribution in [0.2, 0.25) is 0 Å². The second-order valence-electron chi connectivity index (χ2n) is 7.03. The maximum Gasteiger partial charge on any atom is 0.251 e. The first-order chi connectivity index (χ1) is 13.5. The zero-order chi connectivity index (χ0) is 20.0. The van der Waals surface area contributed by atoms with E-state index in [4.69, 9.17) is 4.74 Å². The SMILES string of the molecule is C[C@@H](CNC(=O)c1ccc(S(=O)(=O)NC[C@H]2CCCO2)cc1)c1ccccc1. The number of benzene rings is 2. The lowest BCUT2D eigenvalue weighted by Gasteiger charge is -2.14. The molecule has 0 spiro atoms. The van der Waals surface area contributed by atoms with Crippen LogP contribution in [-0.4, -0.2) is 40.1 Å². The molecule has 28 heavy (non-hydrogen) atoms. The number of hydrogen-bond donors (Lipinski definition) is 2. The Morgan fingerprint density at radius 1 is 1.14 bits per heavy atom. The summed E-state index contributed by atoms with van der Waals surface area (Å²) in [6, 6.07) is 15.9. The predicted molar refractivity (Wildman–Crippen MR) is 108 cm³/mol. The Morgan fingerprint density at radius 3 is 2.50 bits per heavy atom. The lowest BCUT2D eigenvalue weighted by molar-refractivity contribution is 0.0951. The Bertz CT molecular complexity index is 876. The van der Waals surface area contributed by atoms with Gasteiger partial charge in [-0.05, 0) is 48.6 Å². The molecular formula is C21H26N2O4S. The third kappa shape index (κ3) is 5.41. The number of rotatable bonds is 8. The molecule has 0 aromatic heterocycles. The van der Waals surface area contributed by atoms with Crippen molar-refractivity contribution >= 4 is 15.9 Å². The van der Waals surface area contributed by atoms with Gasteiger partial charge in [-0.3, -0.25) is 4.79 Å². The van der Waals surface area contributed by atoms with Crippen molar-refractivity contribution in [2.75, 3.05) is 19.7 Å². The largest absolute Gasteiger partial charge is 0.377 e. The summed E-state index contributed by atoms with van der Waals surface area (Å²) in [4.78, 5) is 12.5. The van der Waals surface area contributed by atoms with Gasteiger partial charge in [-0.25, -0.2) is 13.1 Å². The Morgan fingerprint density at radius 2 is 1.86 bits per heavy atom. The monoisotopic (exact) mass is 402 g/mol. The molecule has 2 N–H and O–H groups in total. The number of carbonyl (C=O) groups is 1. The molecule has 0 bridgehead atoms. The lowest BCUT2D eigenvalue weighted by atomic mass is 10.0. The number of amides is 1. The molecule has 150 valence electrons. The lowest BCUT2D eigenvalue weighted by Crippen LogP contribution is -2.32. The fraction of sp³-hybridized carbons (Fsp3) is 0.381. The molecule has 1 saturated heterocycles. The van der Waals surface area contributed by atoms with Gasteiger partial charge in [0.15, 0.2) is 0 Å². The molecule has 6 nitrogen and oxygen atoms in total. The smallest absolute Gasteiger partial charge is 0.251 e. The van der Waals surface area contributed by atoms with Gasteiger partial charge in [0.2, 0.25) is 10.0 Å². The highest BCUT2D eigenvalue weighted by molar-refractivity contribution is 7.89. The Balaban J connectivity index is 1.54. The van der Waals surface area contributed by atoms with Crippen molar-refractivity contribution in [1.29, 1.82) is 0 Å². The molecule has 1 heterocycles. The van der Waals surface area contributed by atoms with Gasteiger partial charge < -0.3 is 10.1 Å². The molecular weight excluding hydrogens is 376 g/mol. The molecule has 2 aromatic carbocycles. The molecule has 0 unspecified atom stereocenters. The molecule has 0 saturated carbocycles. The van der Waals surface area contributed by atoms with Crippen LogP contribution >= 0.6 is 0 Å². The summed E-state index contributed by atoms with van der Waals surface area (Å²) in [6.45, 7) is 3.50. The van der Waals surface area contributed by atoms with Gasteiger partial charge in [0, 0.05) is 25.3 Å². The van der Waals surface area contributed by atoms with Crippen molar-refractivity contribution in [2.24, 2.45) is 0 Å². The van der Waals surface area contributed by atoms with E-state index in [0.717, 1.165) is 18.4 Å². The minimum Gasteiger partial charge on any atom is -0.377 e. The van der Waals surface area contributed by atoms with Crippen LogP contribution < -0.4 is 10.0 Å². The summed E-state index contributed by atoms with van der Waals surface area (Å²) in [5.74, 6) is -0.0362. The van der Waals surface area contributed by atoms with E-state index in [2.05, 4.69) is 10.0 Å². The maximum absolute atomic E-state index is 12.4. The van der Waals surface area contributed by atoms with Crippen molar-refractivity contribution in [3.63, 3.8) is 0 Å². The average Bonchev–Trinajstić information content (AvgIpc) is 3.25. The third-order valence-corrected chi connectivity index (χ3v) is 6.33. The average molecular weight is 403 g/mol. The second kappa shape index (κ2) is 9.32. The first-order valence-corrected chi connectivity index (χ1v) is 11.0. The van der Waals surface area contributed by atoms with E-state index in [-0.39, 0.29) is 29.4 Å². The van der Waals surface area contributed by atoms with Gasteiger partial charge in [0.05, 0.1) is 11.0 Å². The third-order valence-electron chi connectivity index (χ3n) is 4.89. The normalized spacial score (nSPS) is 18.0. The van der Waals surface area contributed by atoms with Gasteiger partial charge in [-0.2, -0.15) is 0 Å². The minimum absolute atomic E-state index is 0.0635. The van der Waals surface area contributed by atoms with Gasteiger partial charge in [0.1, 0.15) is 0 Å². The van der Waals surface area contributed by atoms with Crippen LogP contribution in [0.3, 0.4) is 0 Å². The molecule has 2 atom stereocenters. The Labute approximate surface area is 166 Å². The number of sulfonamides is 1. The molecule has 1 aliphatic rings. The number of hydrogen-bond acceptors (Lipinski definition) is 4. The first-order valence-electron chi connectivity index (χ1n) is 9.50. The van der Waals surface area contributed by atoms with E-state index in [0.29, 0.717) is 18.7 Å². The van der Waals surface area contributed by atoms with Gasteiger partial charge >= 0.3 is 0 Å². The van der Waals surface area contributed by atoms with Gasteiger partial charge in [-0.1, -0.05) is 37.3 Å². The molecule has 1 aliphatic heterocycles. The highest BCUT2D eigenvalue weighted by Crippen LogP contribution is 2.15. The predicted octanol–water partition coefficient (Wildman–Crippen LogP) is 2.68. The first kappa shape index (κ1) is 20.5. The van der Waals surface area contributed by atoms with E-state index >= 15 is 0 Å². The molecule has 0 radical (unpaired) electrons. The molecule has 3 rings (SSSR count).